The van der Waals surface area contributed by atoms with E-state index in [-0.39, 0.29) is 5.91 Å². The lowest BCUT2D eigenvalue weighted by Gasteiger charge is -2.36. The lowest BCUT2D eigenvalue weighted by Crippen LogP contribution is -2.41. The van der Waals surface area contributed by atoms with Crippen LogP contribution in [0.15, 0.2) is 21.5 Å². The minimum absolute atomic E-state index is 0.114. The number of hydrogen-bond acceptors (Lipinski definition) is 4. The summed E-state index contributed by atoms with van der Waals surface area (Å²) in [5.74, 6) is -0.114. The van der Waals surface area contributed by atoms with E-state index in [1.165, 1.54) is 0 Å². The highest BCUT2D eigenvalue weighted by atomic mass is 16.5. The highest BCUT2D eigenvalue weighted by Gasteiger charge is 2.53. The fourth-order valence-corrected chi connectivity index (χ4v) is 3.04. The van der Waals surface area contributed by atoms with Gasteiger partial charge in [0.1, 0.15) is 5.52 Å². The van der Waals surface area contributed by atoms with Crippen molar-refractivity contribution >= 4 is 22.5 Å². The van der Waals surface area contributed by atoms with E-state index in [0.717, 1.165) is 29.6 Å². The number of nitrogen functional groups attached to an aromatic ring is 1. The Morgan fingerprint density at radius 2 is 2.06 bits per heavy atom. The number of carbonyl (C=O) groups excluding carboxylic acids is 1. The summed E-state index contributed by atoms with van der Waals surface area (Å²) in [6.45, 7) is 0. The van der Waals surface area contributed by atoms with Gasteiger partial charge in [0.2, 0.25) is 0 Å². The third-order valence-electron chi connectivity index (χ3n) is 4.05. The van der Waals surface area contributed by atoms with Crippen molar-refractivity contribution in [2.75, 3.05) is 5.73 Å². The predicted molar refractivity (Wildman–Crippen MR) is 61.0 cm³/mol. The summed E-state index contributed by atoms with van der Waals surface area (Å²) in [5.41, 5.74) is 6.84. The highest BCUT2D eigenvalue weighted by molar-refractivity contribution is 6.06. The zero-order valence-corrected chi connectivity index (χ0v) is 9.03. The van der Waals surface area contributed by atoms with E-state index in [2.05, 4.69) is 0 Å². The monoisotopic (exact) mass is 230 g/mol. The second-order valence-corrected chi connectivity index (χ2v) is 4.88. The quantitative estimate of drug-likeness (QED) is 0.691. The summed E-state index contributed by atoms with van der Waals surface area (Å²) < 4.78 is 6.18. The summed E-state index contributed by atoms with van der Waals surface area (Å²) in [6.07, 6.45) is 2.66. The van der Waals surface area contributed by atoms with Gasteiger partial charge in [0.15, 0.2) is 0 Å². The smallest absolute Gasteiger partial charge is 0.366 e. The van der Waals surface area contributed by atoms with Crippen molar-refractivity contribution in [3.63, 3.8) is 0 Å². The molecule has 1 aromatic heterocycles. The van der Waals surface area contributed by atoms with Crippen LogP contribution >= 0.6 is 0 Å². The molecule has 2 aliphatic rings. The second-order valence-electron chi connectivity index (χ2n) is 4.88. The molecule has 0 atom stereocenters. The van der Waals surface area contributed by atoms with Crippen LogP contribution in [0.5, 0.6) is 0 Å². The Morgan fingerprint density at radius 1 is 1.29 bits per heavy atom. The van der Waals surface area contributed by atoms with Gasteiger partial charge in [0.05, 0.1) is 10.8 Å². The molecule has 0 bridgehead atoms. The highest BCUT2D eigenvalue weighted by Crippen LogP contribution is 2.51. The van der Waals surface area contributed by atoms with Gasteiger partial charge in [-0.25, -0.2) is 4.79 Å². The van der Waals surface area contributed by atoms with Gasteiger partial charge < -0.3 is 10.3 Å². The molecule has 5 nitrogen and oxygen atoms in total. The maximum Gasteiger partial charge on any atom is 0.366 e. The van der Waals surface area contributed by atoms with E-state index in [4.69, 9.17) is 10.3 Å². The summed E-state index contributed by atoms with van der Waals surface area (Å²) in [6, 6.07) is 3.38. The Bertz CT molecular complexity index is 734. The van der Waals surface area contributed by atoms with E-state index < -0.39 is 11.0 Å². The van der Waals surface area contributed by atoms with Gasteiger partial charge in [0, 0.05) is 5.69 Å². The van der Waals surface area contributed by atoms with Gasteiger partial charge in [-0.2, -0.15) is 0 Å². The largest absolute Gasteiger partial charge is 0.399 e. The fourth-order valence-electron chi connectivity index (χ4n) is 3.04. The topological polar surface area (TPSA) is 78.2 Å². The lowest BCUT2D eigenvalue weighted by atomic mass is 9.65. The first-order valence-corrected chi connectivity index (χ1v) is 5.64. The fraction of sp³-hybridized carbons (Fsp3) is 0.333. The Morgan fingerprint density at radius 3 is 2.71 bits per heavy atom. The molecule has 2 aromatic rings. The third-order valence-corrected chi connectivity index (χ3v) is 4.05. The standard InChI is InChI=1S/C12H10N2O3/c13-6-4-7-9-8(5-6)12(2-1-3-12)11(16)14(9)17-10(7)15/h4-5H,1-3,13H2. The molecule has 4 rings (SSSR count). The van der Waals surface area contributed by atoms with Crippen LogP contribution in [0.25, 0.3) is 10.9 Å². The van der Waals surface area contributed by atoms with Crippen LogP contribution in [0.3, 0.4) is 0 Å². The van der Waals surface area contributed by atoms with Crippen molar-refractivity contribution in [2.45, 2.75) is 24.7 Å². The molecular weight excluding hydrogens is 220 g/mol. The van der Waals surface area contributed by atoms with Crippen LogP contribution in [0.4, 0.5) is 5.69 Å². The molecule has 1 spiro atoms. The van der Waals surface area contributed by atoms with Crippen molar-refractivity contribution in [2.24, 2.45) is 0 Å². The van der Waals surface area contributed by atoms with Gasteiger partial charge in [-0.05, 0) is 30.5 Å². The first-order valence-electron chi connectivity index (χ1n) is 5.64. The molecule has 1 aliphatic heterocycles. The molecule has 86 valence electrons. The lowest BCUT2D eigenvalue weighted by molar-refractivity contribution is 0.0609. The molecular formula is C12H10N2O3. The van der Waals surface area contributed by atoms with E-state index in [1.807, 2.05) is 0 Å². The number of anilines is 1. The zero-order valence-electron chi connectivity index (χ0n) is 9.03. The van der Waals surface area contributed by atoms with Gasteiger partial charge in [0.25, 0.3) is 5.91 Å². The van der Waals surface area contributed by atoms with E-state index in [1.54, 1.807) is 12.1 Å². The Balaban J connectivity index is 2.23. The number of hydrogen-bond donors (Lipinski definition) is 1. The minimum atomic E-state index is -0.490. The van der Waals surface area contributed by atoms with Crippen LogP contribution in [0.1, 0.15) is 29.6 Å². The number of rotatable bonds is 0. The molecule has 1 fully saturated rings. The van der Waals surface area contributed by atoms with Gasteiger partial charge in [-0.3, -0.25) is 4.79 Å². The number of benzene rings is 1. The number of nitrogens with zero attached hydrogens (tertiary/aromatic N) is 1. The Hall–Kier alpha value is -2.04. The van der Waals surface area contributed by atoms with Crippen LogP contribution in [0.2, 0.25) is 0 Å². The molecule has 5 heteroatoms. The normalized spacial score (nSPS) is 20.1. The van der Waals surface area contributed by atoms with Crippen molar-refractivity contribution in [1.82, 2.24) is 4.74 Å². The molecule has 0 amide bonds. The summed E-state index contributed by atoms with van der Waals surface area (Å²) in [5, 5.41) is 0.414. The molecule has 0 unspecified atom stereocenters. The first kappa shape index (κ1) is 9.04. The average Bonchev–Trinajstić information content (AvgIpc) is 2.65. The molecule has 2 heterocycles. The first-order chi connectivity index (χ1) is 8.13. The van der Waals surface area contributed by atoms with Gasteiger partial charge in [-0.15, -0.1) is 4.74 Å². The number of carbonyl (C=O) groups is 1. The number of aromatic nitrogens is 1. The van der Waals surface area contributed by atoms with E-state index >= 15 is 0 Å². The number of fused-ring (bicyclic) bond motifs is 1. The van der Waals surface area contributed by atoms with E-state index in [0.29, 0.717) is 16.6 Å². The van der Waals surface area contributed by atoms with Crippen molar-refractivity contribution in [3.05, 3.63) is 28.1 Å². The zero-order chi connectivity index (χ0) is 11.8. The summed E-state index contributed by atoms with van der Waals surface area (Å²) >= 11 is 0. The van der Waals surface area contributed by atoms with Crippen LogP contribution in [-0.2, 0) is 5.41 Å². The molecule has 0 saturated heterocycles. The maximum atomic E-state index is 12.3. The minimum Gasteiger partial charge on any atom is -0.399 e. The third kappa shape index (κ3) is 0.800. The van der Waals surface area contributed by atoms with Crippen LogP contribution < -0.4 is 11.4 Å². The van der Waals surface area contributed by atoms with E-state index in [9.17, 15) is 9.59 Å². The average molecular weight is 230 g/mol. The SMILES string of the molecule is Nc1cc2c3c(c1)c(=O)on3C(=O)C21CCC1. The number of nitrogens with two attached hydrogens (primary N) is 1. The van der Waals surface area contributed by atoms with Gasteiger partial charge in [-0.1, -0.05) is 6.42 Å². The molecule has 1 aromatic carbocycles. The Kier molecular flexibility index (Phi) is 1.30. The summed E-state index contributed by atoms with van der Waals surface area (Å²) in [4.78, 5) is 23.9. The molecule has 17 heavy (non-hydrogen) atoms. The van der Waals surface area contributed by atoms with Gasteiger partial charge >= 0.3 is 5.63 Å². The van der Waals surface area contributed by atoms with Crippen LogP contribution in [-0.4, -0.2) is 10.6 Å². The molecule has 2 N–H and O–H groups in total. The second kappa shape index (κ2) is 2.45. The Labute approximate surface area is 95.8 Å². The molecule has 1 aliphatic carbocycles. The van der Waals surface area contributed by atoms with Crippen molar-refractivity contribution < 1.29 is 9.32 Å². The summed E-state index contributed by atoms with van der Waals surface area (Å²) in [7, 11) is 0. The van der Waals surface area contributed by atoms with Crippen LogP contribution in [0, 0.1) is 0 Å². The maximum absolute atomic E-state index is 12.3. The van der Waals surface area contributed by atoms with Crippen molar-refractivity contribution in [3.8, 4) is 0 Å². The molecule has 0 radical (unpaired) electrons. The predicted octanol–water partition coefficient (Wildman–Crippen LogP) is 1.25. The van der Waals surface area contributed by atoms with Crippen molar-refractivity contribution in [1.29, 1.82) is 0 Å². The molecule has 1 saturated carbocycles.